The minimum Gasteiger partial charge on any atom is -0.494 e. The van der Waals surface area contributed by atoms with Crippen LogP contribution in [0.5, 0.6) is 5.75 Å². The fraction of sp³-hybridized carbons (Fsp3) is 0.579. The summed E-state index contributed by atoms with van der Waals surface area (Å²) in [6.07, 6.45) is -0.309. The molecule has 1 aliphatic heterocycles. The quantitative estimate of drug-likeness (QED) is 0.363. The molecule has 1 aromatic rings. The van der Waals surface area contributed by atoms with Gasteiger partial charge in [-0.2, -0.15) is 0 Å². The molecule has 1 heterocycles. The Hall–Kier alpha value is -1.78. The Morgan fingerprint density at radius 2 is 2.04 bits per heavy atom. The highest BCUT2D eigenvalue weighted by Crippen LogP contribution is 2.18. The van der Waals surface area contributed by atoms with E-state index in [1.165, 1.54) is 13.2 Å². The lowest BCUT2D eigenvalue weighted by Crippen LogP contribution is -2.63. The molecular weight excluding hydrogens is 478 g/mol. The fourth-order valence-electron chi connectivity index (χ4n) is 2.54. The van der Waals surface area contributed by atoms with Gasteiger partial charge >= 0.3 is 6.09 Å². The topological polar surface area (TPSA) is 75.2 Å². The number of carbonyl (C=O) groups is 1. The minimum atomic E-state index is -0.500. The molecule has 28 heavy (non-hydrogen) atoms. The number of rotatable bonds is 5. The van der Waals surface area contributed by atoms with Crippen molar-refractivity contribution in [3.8, 4) is 5.75 Å². The molecule has 1 aliphatic rings. The zero-order chi connectivity index (χ0) is 20.0. The molecule has 0 spiro atoms. The van der Waals surface area contributed by atoms with E-state index >= 15 is 0 Å². The number of hydrogen-bond donors (Lipinski definition) is 2. The number of guanidine groups is 1. The number of nitrogens with zero attached hydrogens (tertiary/aromatic N) is 2. The summed E-state index contributed by atoms with van der Waals surface area (Å²) in [5.41, 5.74) is 0.245. The summed E-state index contributed by atoms with van der Waals surface area (Å²) in [6.45, 7) is 9.64. The summed E-state index contributed by atoms with van der Waals surface area (Å²) in [5.74, 6) is 0.433. The van der Waals surface area contributed by atoms with Crippen molar-refractivity contribution < 1.29 is 18.7 Å². The van der Waals surface area contributed by atoms with Gasteiger partial charge in [-0.1, -0.05) is 6.07 Å². The van der Waals surface area contributed by atoms with Crippen LogP contribution in [0.3, 0.4) is 0 Å². The van der Waals surface area contributed by atoms with Crippen LogP contribution < -0.4 is 15.4 Å². The minimum absolute atomic E-state index is 0. The number of ether oxygens (including phenoxy) is 2. The van der Waals surface area contributed by atoms with Gasteiger partial charge in [-0.15, -0.1) is 24.0 Å². The average Bonchev–Trinajstić information content (AvgIpc) is 2.53. The lowest BCUT2D eigenvalue weighted by Gasteiger charge is -2.40. The maximum atomic E-state index is 13.8. The van der Waals surface area contributed by atoms with Crippen LogP contribution in [-0.4, -0.2) is 55.3 Å². The van der Waals surface area contributed by atoms with Gasteiger partial charge < -0.3 is 25.0 Å². The van der Waals surface area contributed by atoms with Crippen molar-refractivity contribution in [1.82, 2.24) is 15.5 Å². The van der Waals surface area contributed by atoms with E-state index in [2.05, 4.69) is 15.6 Å². The van der Waals surface area contributed by atoms with Crippen LogP contribution in [0.25, 0.3) is 0 Å². The Morgan fingerprint density at radius 3 is 2.57 bits per heavy atom. The van der Waals surface area contributed by atoms with Crippen LogP contribution >= 0.6 is 24.0 Å². The summed E-state index contributed by atoms with van der Waals surface area (Å²) in [5, 5.41) is 6.44. The number of amides is 1. The summed E-state index contributed by atoms with van der Waals surface area (Å²) >= 11 is 0. The third-order valence-corrected chi connectivity index (χ3v) is 3.85. The Kier molecular flexibility index (Phi) is 9.25. The zero-order valence-electron chi connectivity index (χ0n) is 17.0. The standard InChI is InChI=1S/C19H29FN4O3.HI/c1-6-21-17(22-10-13-7-8-16(26-5)15(20)9-13)23-14-11-24(12-14)18(25)27-19(2,3)4;/h7-9,14H,6,10-12H2,1-5H3,(H2,21,22,23);1H. The summed E-state index contributed by atoms with van der Waals surface area (Å²) in [4.78, 5) is 18.1. The molecule has 2 N–H and O–H groups in total. The summed E-state index contributed by atoms with van der Waals surface area (Å²) in [6, 6.07) is 4.88. The van der Waals surface area contributed by atoms with Crippen LogP contribution in [0.15, 0.2) is 23.2 Å². The molecule has 0 aromatic heterocycles. The number of hydrogen-bond acceptors (Lipinski definition) is 4. The van der Waals surface area contributed by atoms with Crippen LogP contribution in [-0.2, 0) is 11.3 Å². The smallest absolute Gasteiger partial charge is 0.410 e. The highest BCUT2D eigenvalue weighted by atomic mass is 127. The molecule has 1 amide bonds. The van der Waals surface area contributed by atoms with Crippen molar-refractivity contribution >= 4 is 36.0 Å². The van der Waals surface area contributed by atoms with Gasteiger partial charge in [0.25, 0.3) is 0 Å². The second-order valence-corrected chi connectivity index (χ2v) is 7.39. The third-order valence-electron chi connectivity index (χ3n) is 3.85. The number of aliphatic imine (C=N–C) groups is 1. The van der Waals surface area contributed by atoms with Gasteiger partial charge in [0.1, 0.15) is 5.60 Å². The number of methoxy groups -OCH3 is 1. The van der Waals surface area contributed by atoms with E-state index in [0.717, 1.165) is 5.56 Å². The molecule has 1 saturated heterocycles. The second kappa shape index (κ2) is 10.7. The molecule has 9 heteroatoms. The van der Waals surface area contributed by atoms with Gasteiger partial charge in [0.05, 0.1) is 19.7 Å². The number of nitrogens with one attached hydrogen (secondary N) is 2. The molecule has 0 bridgehead atoms. The van der Waals surface area contributed by atoms with Crippen molar-refractivity contribution in [2.75, 3.05) is 26.7 Å². The largest absolute Gasteiger partial charge is 0.494 e. The molecule has 1 aromatic carbocycles. The monoisotopic (exact) mass is 508 g/mol. The molecular formula is C19H30FIN4O3. The number of benzene rings is 1. The SMILES string of the molecule is CCNC(=NCc1ccc(OC)c(F)c1)NC1CN(C(=O)OC(C)(C)C)C1.I. The Bertz CT molecular complexity index is 688. The van der Waals surface area contributed by atoms with E-state index in [1.54, 1.807) is 17.0 Å². The van der Waals surface area contributed by atoms with Gasteiger partial charge in [0.2, 0.25) is 0 Å². The maximum absolute atomic E-state index is 13.8. The fourth-order valence-corrected chi connectivity index (χ4v) is 2.54. The molecule has 0 atom stereocenters. The van der Waals surface area contributed by atoms with Crippen molar-refractivity contribution in [2.45, 2.75) is 45.9 Å². The molecule has 0 saturated carbocycles. The van der Waals surface area contributed by atoms with Gasteiger partial charge in [-0.25, -0.2) is 14.2 Å². The molecule has 158 valence electrons. The maximum Gasteiger partial charge on any atom is 0.410 e. The molecule has 0 unspecified atom stereocenters. The molecule has 7 nitrogen and oxygen atoms in total. The highest BCUT2D eigenvalue weighted by Gasteiger charge is 2.34. The van der Waals surface area contributed by atoms with Gasteiger partial charge in [0, 0.05) is 19.6 Å². The van der Waals surface area contributed by atoms with E-state index < -0.39 is 11.4 Å². The number of halogens is 2. The Labute approximate surface area is 183 Å². The van der Waals surface area contributed by atoms with Gasteiger partial charge in [-0.05, 0) is 45.4 Å². The normalized spacial score (nSPS) is 14.6. The van der Waals surface area contributed by atoms with E-state index in [-0.39, 0.29) is 41.9 Å². The summed E-state index contributed by atoms with van der Waals surface area (Å²) < 4.78 is 24.0. The molecule has 0 radical (unpaired) electrons. The van der Waals surface area contributed by atoms with Crippen molar-refractivity contribution in [2.24, 2.45) is 4.99 Å². The van der Waals surface area contributed by atoms with E-state index in [0.29, 0.717) is 32.1 Å². The van der Waals surface area contributed by atoms with Crippen LogP contribution in [0.4, 0.5) is 9.18 Å². The highest BCUT2D eigenvalue weighted by molar-refractivity contribution is 14.0. The second-order valence-electron chi connectivity index (χ2n) is 7.39. The van der Waals surface area contributed by atoms with E-state index in [4.69, 9.17) is 9.47 Å². The number of likely N-dealkylation sites (tertiary alicyclic amines) is 1. The molecule has 1 fully saturated rings. The van der Waals surface area contributed by atoms with Crippen LogP contribution in [0.1, 0.15) is 33.3 Å². The van der Waals surface area contributed by atoms with Gasteiger partial charge in [-0.3, -0.25) is 0 Å². The van der Waals surface area contributed by atoms with Crippen molar-refractivity contribution in [1.29, 1.82) is 0 Å². The first-order valence-electron chi connectivity index (χ1n) is 9.07. The number of carbonyl (C=O) groups excluding carboxylic acids is 1. The lowest BCUT2D eigenvalue weighted by atomic mass is 10.1. The predicted molar refractivity (Wildman–Crippen MR) is 118 cm³/mol. The van der Waals surface area contributed by atoms with E-state index in [9.17, 15) is 9.18 Å². The first-order valence-corrected chi connectivity index (χ1v) is 9.07. The van der Waals surface area contributed by atoms with Crippen LogP contribution in [0.2, 0.25) is 0 Å². The average molecular weight is 508 g/mol. The van der Waals surface area contributed by atoms with Gasteiger partial charge in [0.15, 0.2) is 17.5 Å². The van der Waals surface area contributed by atoms with Crippen molar-refractivity contribution in [3.05, 3.63) is 29.6 Å². The Balaban J connectivity index is 0.00000392. The first kappa shape index (κ1) is 24.3. The first-order chi connectivity index (χ1) is 12.7. The summed E-state index contributed by atoms with van der Waals surface area (Å²) in [7, 11) is 1.43. The van der Waals surface area contributed by atoms with Crippen molar-refractivity contribution in [3.63, 3.8) is 0 Å². The Morgan fingerprint density at radius 1 is 1.36 bits per heavy atom. The van der Waals surface area contributed by atoms with E-state index in [1.807, 2.05) is 27.7 Å². The predicted octanol–water partition coefficient (Wildman–Crippen LogP) is 3.13. The molecule has 2 rings (SSSR count). The zero-order valence-corrected chi connectivity index (χ0v) is 19.4. The third kappa shape index (κ3) is 7.33. The van der Waals surface area contributed by atoms with Crippen LogP contribution in [0, 0.1) is 5.82 Å². The lowest BCUT2D eigenvalue weighted by molar-refractivity contribution is 0.00701. The molecule has 0 aliphatic carbocycles.